The third-order valence-electron chi connectivity index (χ3n) is 3.00. The van der Waals surface area contributed by atoms with E-state index in [2.05, 4.69) is 10.4 Å². The van der Waals surface area contributed by atoms with E-state index >= 15 is 0 Å². The number of carbonyl (C=O) groups excluding carboxylic acids is 1. The maximum atomic E-state index is 11.9. The Morgan fingerprint density at radius 3 is 3.00 bits per heavy atom. The predicted molar refractivity (Wildman–Crippen MR) is 81.6 cm³/mol. The third kappa shape index (κ3) is 4.58. The van der Waals surface area contributed by atoms with E-state index < -0.39 is 0 Å². The number of hydrogen-bond donors (Lipinski definition) is 1. The van der Waals surface area contributed by atoms with E-state index in [-0.39, 0.29) is 5.91 Å². The fourth-order valence-corrected chi connectivity index (χ4v) is 2.08. The van der Waals surface area contributed by atoms with Crippen molar-refractivity contribution in [1.29, 1.82) is 0 Å². The topological polar surface area (TPSA) is 56.1 Å². The highest BCUT2D eigenvalue weighted by Crippen LogP contribution is 2.16. The molecule has 1 heterocycles. The number of carbonyl (C=O) groups is 1. The van der Waals surface area contributed by atoms with Gasteiger partial charge in [-0.2, -0.15) is 5.10 Å². The highest BCUT2D eigenvalue weighted by atomic mass is 35.5. The Balaban J connectivity index is 1.92. The van der Waals surface area contributed by atoms with Gasteiger partial charge in [0.2, 0.25) is 0 Å². The molecule has 0 unspecified atom stereocenters. The maximum absolute atomic E-state index is 11.9. The molecule has 112 valence electrons. The third-order valence-corrected chi connectivity index (χ3v) is 3.37. The van der Waals surface area contributed by atoms with Crippen LogP contribution in [0.1, 0.15) is 22.3 Å². The number of ether oxygens (including phenoxy) is 1. The Morgan fingerprint density at radius 1 is 1.43 bits per heavy atom. The zero-order valence-corrected chi connectivity index (χ0v) is 12.6. The minimum Gasteiger partial charge on any atom is -0.385 e. The first-order chi connectivity index (χ1) is 10.2. The molecule has 2 rings (SSSR count). The molecule has 0 aliphatic heterocycles. The molecule has 0 fully saturated rings. The van der Waals surface area contributed by atoms with E-state index in [1.54, 1.807) is 24.2 Å². The summed E-state index contributed by atoms with van der Waals surface area (Å²) < 4.78 is 6.63. The Bertz CT molecular complexity index is 598. The quantitative estimate of drug-likeness (QED) is 0.799. The summed E-state index contributed by atoms with van der Waals surface area (Å²) in [6.45, 7) is 1.76. The molecule has 0 atom stereocenters. The van der Waals surface area contributed by atoms with Gasteiger partial charge in [0.15, 0.2) is 0 Å². The molecule has 6 heteroatoms. The minimum atomic E-state index is -0.128. The zero-order valence-electron chi connectivity index (χ0n) is 11.9. The highest BCUT2D eigenvalue weighted by molar-refractivity contribution is 6.31. The van der Waals surface area contributed by atoms with Gasteiger partial charge in [-0.3, -0.25) is 9.48 Å². The van der Waals surface area contributed by atoms with Gasteiger partial charge in [-0.1, -0.05) is 29.8 Å². The summed E-state index contributed by atoms with van der Waals surface area (Å²) in [6.07, 6.45) is 4.06. The van der Waals surface area contributed by atoms with E-state index in [9.17, 15) is 4.79 Å². The lowest BCUT2D eigenvalue weighted by Gasteiger charge is -2.04. The monoisotopic (exact) mass is 307 g/mol. The molecular weight excluding hydrogens is 290 g/mol. The fourth-order valence-electron chi connectivity index (χ4n) is 1.89. The zero-order chi connectivity index (χ0) is 15.1. The number of nitrogens with zero attached hydrogens (tertiary/aromatic N) is 2. The predicted octanol–water partition coefficient (Wildman–Crippen LogP) is 2.35. The van der Waals surface area contributed by atoms with Gasteiger partial charge < -0.3 is 10.1 Å². The van der Waals surface area contributed by atoms with Crippen molar-refractivity contribution in [2.24, 2.45) is 0 Å². The van der Waals surface area contributed by atoms with Crippen LogP contribution in [0, 0.1) is 0 Å². The van der Waals surface area contributed by atoms with E-state index in [4.69, 9.17) is 16.3 Å². The van der Waals surface area contributed by atoms with Crippen LogP contribution >= 0.6 is 11.6 Å². The van der Waals surface area contributed by atoms with E-state index in [1.165, 1.54) is 0 Å². The summed E-state index contributed by atoms with van der Waals surface area (Å²) in [5.74, 6) is -0.128. The number of hydrogen-bond acceptors (Lipinski definition) is 3. The van der Waals surface area contributed by atoms with Crippen LogP contribution in [-0.2, 0) is 11.3 Å². The van der Waals surface area contributed by atoms with Gasteiger partial charge in [0, 0.05) is 31.5 Å². The van der Waals surface area contributed by atoms with Crippen molar-refractivity contribution >= 4 is 17.5 Å². The van der Waals surface area contributed by atoms with Crippen LogP contribution in [-0.4, -0.2) is 35.9 Å². The summed E-state index contributed by atoms with van der Waals surface area (Å²) in [6, 6.07) is 7.58. The Hall–Kier alpha value is -1.85. The van der Waals surface area contributed by atoms with Crippen LogP contribution in [0.2, 0.25) is 5.02 Å². The first kappa shape index (κ1) is 15.5. The minimum absolute atomic E-state index is 0.128. The first-order valence-corrected chi connectivity index (χ1v) is 7.11. The van der Waals surface area contributed by atoms with Crippen molar-refractivity contribution in [2.75, 3.05) is 20.3 Å². The molecule has 0 saturated carbocycles. The van der Waals surface area contributed by atoms with Crippen LogP contribution in [0.25, 0.3) is 0 Å². The fraction of sp³-hybridized carbons (Fsp3) is 0.333. The average Bonchev–Trinajstić information content (AvgIpc) is 2.94. The molecule has 21 heavy (non-hydrogen) atoms. The lowest BCUT2D eigenvalue weighted by Crippen LogP contribution is -2.24. The number of benzene rings is 1. The van der Waals surface area contributed by atoms with Crippen molar-refractivity contribution in [1.82, 2.24) is 15.1 Å². The SMILES string of the molecule is COCCCNC(=O)c1cnn(Cc2ccccc2Cl)c1. The molecule has 1 N–H and O–H groups in total. The largest absolute Gasteiger partial charge is 0.385 e. The summed E-state index contributed by atoms with van der Waals surface area (Å²) in [5, 5.41) is 7.71. The van der Waals surface area contributed by atoms with Crippen LogP contribution in [0.4, 0.5) is 0 Å². The molecule has 1 aromatic carbocycles. The molecule has 0 radical (unpaired) electrons. The summed E-state index contributed by atoms with van der Waals surface area (Å²) in [5.41, 5.74) is 1.51. The van der Waals surface area contributed by atoms with Crippen LogP contribution < -0.4 is 5.32 Å². The Morgan fingerprint density at radius 2 is 2.24 bits per heavy atom. The van der Waals surface area contributed by atoms with Crippen molar-refractivity contribution in [3.05, 3.63) is 52.8 Å². The molecular formula is C15H18ClN3O2. The number of rotatable bonds is 7. The lowest BCUT2D eigenvalue weighted by molar-refractivity contribution is 0.0948. The molecule has 0 aliphatic rings. The highest BCUT2D eigenvalue weighted by Gasteiger charge is 2.09. The van der Waals surface area contributed by atoms with Gasteiger partial charge in [0.05, 0.1) is 18.3 Å². The van der Waals surface area contributed by atoms with E-state index in [1.807, 2.05) is 24.3 Å². The Kier molecular flexibility index (Phi) is 5.78. The van der Waals surface area contributed by atoms with E-state index in [0.717, 1.165) is 12.0 Å². The van der Waals surface area contributed by atoms with Gasteiger partial charge in [-0.05, 0) is 18.1 Å². The van der Waals surface area contributed by atoms with Crippen molar-refractivity contribution in [2.45, 2.75) is 13.0 Å². The van der Waals surface area contributed by atoms with Gasteiger partial charge >= 0.3 is 0 Å². The Labute approximate surface area is 128 Å². The second-order valence-corrected chi connectivity index (χ2v) is 5.03. The number of amides is 1. The maximum Gasteiger partial charge on any atom is 0.254 e. The van der Waals surface area contributed by atoms with Gasteiger partial charge in [0.25, 0.3) is 5.91 Å². The molecule has 0 saturated heterocycles. The van der Waals surface area contributed by atoms with Crippen LogP contribution in [0.15, 0.2) is 36.7 Å². The lowest BCUT2D eigenvalue weighted by atomic mass is 10.2. The number of aromatic nitrogens is 2. The molecule has 5 nitrogen and oxygen atoms in total. The molecule has 0 spiro atoms. The van der Waals surface area contributed by atoms with Crippen molar-refractivity contribution in [3.63, 3.8) is 0 Å². The first-order valence-electron chi connectivity index (χ1n) is 6.73. The number of nitrogens with one attached hydrogen (secondary N) is 1. The molecule has 0 bridgehead atoms. The number of halogens is 1. The molecule has 0 aliphatic carbocycles. The van der Waals surface area contributed by atoms with Gasteiger partial charge in [-0.25, -0.2) is 0 Å². The summed E-state index contributed by atoms with van der Waals surface area (Å²) >= 11 is 6.11. The van der Waals surface area contributed by atoms with Crippen molar-refractivity contribution in [3.8, 4) is 0 Å². The van der Waals surface area contributed by atoms with Crippen molar-refractivity contribution < 1.29 is 9.53 Å². The summed E-state index contributed by atoms with van der Waals surface area (Å²) in [4.78, 5) is 11.9. The molecule has 1 aromatic heterocycles. The second-order valence-electron chi connectivity index (χ2n) is 4.62. The average molecular weight is 308 g/mol. The van der Waals surface area contributed by atoms with Gasteiger partial charge in [-0.15, -0.1) is 0 Å². The molecule has 1 amide bonds. The summed E-state index contributed by atoms with van der Waals surface area (Å²) in [7, 11) is 1.64. The standard InChI is InChI=1S/C15H18ClN3O2/c1-21-8-4-7-17-15(20)13-9-18-19(11-13)10-12-5-2-3-6-14(12)16/h2-3,5-6,9,11H,4,7-8,10H2,1H3,(H,17,20). The number of methoxy groups -OCH3 is 1. The second kappa shape index (κ2) is 7.81. The van der Waals surface area contributed by atoms with E-state index in [0.29, 0.717) is 30.3 Å². The van der Waals surface area contributed by atoms with Gasteiger partial charge in [0.1, 0.15) is 0 Å². The van der Waals surface area contributed by atoms with Crippen LogP contribution in [0.5, 0.6) is 0 Å². The normalized spacial score (nSPS) is 10.6. The molecule has 2 aromatic rings. The smallest absolute Gasteiger partial charge is 0.254 e. The van der Waals surface area contributed by atoms with Crippen LogP contribution in [0.3, 0.4) is 0 Å².